The topological polar surface area (TPSA) is 66.0 Å². The maximum atomic E-state index is 5.82. The lowest BCUT2D eigenvalue weighted by atomic mass is 10.2. The van der Waals surface area contributed by atoms with Crippen molar-refractivity contribution in [2.24, 2.45) is 0 Å². The Kier molecular flexibility index (Phi) is 3.25. The van der Waals surface area contributed by atoms with Crippen molar-refractivity contribution in [1.82, 2.24) is 14.8 Å². The van der Waals surface area contributed by atoms with E-state index in [-0.39, 0.29) is 0 Å². The number of aryl methyl sites for hydroxylation is 1. The smallest absolute Gasteiger partial charge is 0.145 e. The summed E-state index contributed by atoms with van der Waals surface area (Å²) in [6, 6.07) is 11.8. The van der Waals surface area contributed by atoms with E-state index in [9.17, 15) is 0 Å². The summed E-state index contributed by atoms with van der Waals surface area (Å²) < 4.78 is 7.59. The molecule has 5 heteroatoms. The molecule has 102 valence electrons. The number of anilines is 1. The van der Waals surface area contributed by atoms with Crippen LogP contribution < -0.4 is 10.5 Å². The molecule has 2 N–H and O–H groups in total. The maximum Gasteiger partial charge on any atom is 0.145 e. The summed E-state index contributed by atoms with van der Waals surface area (Å²) in [4.78, 5) is 4.54. The number of nitrogen functional groups attached to an aromatic ring is 1. The highest BCUT2D eigenvalue weighted by atomic mass is 16.5. The number of nitrogens with zero attached hydrogens (tertiary/aromatic N) is 3. The van der Waals surface area contributed by atoms with Crippen LogP contribution in [0.2, 0.25) is 0 Å². The van der Waals surface area contributed by atoms with Gasteiger partial charge in [-0.15, -0.1) is 0 Å². The van der Waals surface area contributed by atoms with Crippen LogP contribution in [0.25, 0.3) is 10.9 Å². The van der Waals surface area contributed by atoms with Crippen LogP contribution in [-0.2, 0) is 6.54 Å². The zero-order chi connectivity index (χ0) is 13.9. The number of ether oxygens (including phenoxy) is 1. The summed E-state index contributed by atoms with van der Waals surface area (Å²) in [5.74, 6) is 1.32. The number of benzene rings is 1. The Morgan fingerprint density at radius 3 is 2.90 bits per heavy atom. The van der Waals surface area contributed by atoms with E-state index in [0.29, 0.717) is 19.0 Å². The van der Waals surface area contributed by atoms with Crippen LogP contribution in [0.15, 0.2) is 42.6 Å². The molecule has 0 aliphatic rings. The zero-order valence-corrected chi connectivity index (χ0v) is 11.3. The Hall–Kier alpha value is -2.56. The second kappa shape index (κ2) is 5.21. The van der Waals surface area contributed by atoms with Gasteiger partial charge in [0.05, 0.1) is 6.54 Å². The Labute approximate surface area is 117 Å². The van der Waals surface area contributed by atoms with Crippen LogP contribution in [0.1, 0.15) is 5.69 Å². The van der Waals surface area contributed by atoms with Crippen molar-refractivity contribution in [3.63, 3.8) is 0 Å². The zero-order valence-electron chi connectivity index (χ0n) is 11.3. The Morgan fingerprint density at radius 1 is 1.20 bits per heavy atom. The number of pyridine rings is 1. The van der Waals surface area contributed by atoms with Gasteiger partial charge >= 0.3 is 0 Å². The van der Waals surface area contributed by atoms with Gasteiger partial charge in [0.1, 0.15) is 23.7 Å². The molecular formula is C15H16N4O. The molecule has 0 aliphatic heterocycles. The van der Waals surface area contributed by atoms with Gasteiger partial charge in [-0.2, -0.15) is 5.10 Å². The first kappa shape index (κ1) is 12.5. The van der Waals surface area contributed by atoms with E-state index in [1.165, 1.54) is 0 Å². The third-order valence-corrected chi connectivity index (χ3v) is 3.06. The van der Waals surface area contributed by atoms with Crippen LogP contribution >= 0.6 is 0 Å². The van der Waals surface area contributed by atoms with Gasteiger partial charge in [0, 0.05) is 17.3 Å². The summed E-state index contributed by atoms with van der Waals surface area (Å²) in [6.07, 6.45) is 1.84. The van der Waals surface area contributed by atoms with Crippen molar-refractivity contribution >= 4 is 16.7 Å². The highest BCUT2D eigenvalue weighted by molar-refractivity contribution is 5.84. The van der Waals surface area contributed by atoms with Gasteiger partial charge in [0.2, 0.25) is 0 Å². The molecule has 0 unspecified atom stereocenters. The number of para-hydroxylation sites is 1. The summed E-state index contributed by atoms with van der Waals surface area (Å²) in [5, 5.41) is 5.20. The van der Waals surface area contributed by atoms with Crippen molar-refractivity contribution in [1.29, 1.82) is 0 Å². The summed E-state index contributed by atoms with van der Waals surface area (Å²) >= 11 is 0. The van der Waals surface area contributed by atoms with Gasteiger partial charge in [-0.1, -0.05) is 18.2 Å². The van der Waals surface area contributed by atoms with Crippen molar-refractivity contribution in [2.75, 3.05) is 12.3 Å². The molecule has 2 heterocycles. The second-order valence-electron chi connectivity index (χ2n) is 4.63. The van der Waals surface area contributed by atoms with Gasteiger partial charge in [-0.25, -0.2) is 4.98 Å². The van der Waals surface area contributed by atoms with E-state index in [1.807, 2.05) is 37.4 Å². The van der Waals surface area contributed by atoms with Crippen molar-refractivity contribution in [2.45, 2.75) is 13.5 Å². The molecule has 3 aromatic rings. The lowest BCUT2D eigenvalue weighted by Crippen LogP contribution is -2.09. The molecule has 0 spiro atoms. The second-order valence-corrected chi connectivity index (χ2v) is 4.63. The molecule has 0 atom stereocenters. The summed E-state index contributed by atoms with van der Waals surface area (Å²) in [5.41, 5.74) is 7.45. The largest absolute Gasteiger partial charge is 0.489 e. The fourth-order valence-electron chi connectivity index (χ4n) is 2.08. The Morgan fingerprint density at radius 2 is 2.10 bits per heavy atom. The summed E-state index contributed by atoms with van der Waals surface area (Å²) in [6.45, 7) is 3.15. The standard InChI is InChI=1S/C15H16N4O/c1-11-5-6-12-3-2-4-13(15(12)17-11)20-10-9-19-8-7-14(16)18-19/h2-8H,9-10H2,1H3,(H2,16,18). The van der Waals surface area contributed by atoms with E-state index in [4.69, 9.17) is 10.5 Å². The Bertz CT molecular complexity index is 736. The number of nitrogens with two attached hydrogens (primary N) is 1. The van der Waals surface area contributed by atoms with Crippen molar-refractivity contribution in [3.8, 4) is 5.75 Å². The first-order valence-electron chi connectivity index (χ1n) is 6.50. The third-order valence-electron chi connectivity index (χ3n) is 3.06. The first-order valence-corrected chi connectivity index (χ1v) is 6.50. The van der Waals surface area contributed by atoms with Gasteiger partial charge in [0.25, 0.3) is 0 Å². The van der Waals surface area contributed by atoms with Crippen LogP contribution in [0.5, 0.6) is 5.75 Å². The van der Waals surface area contributed by atoms with Gasteiger partial charge in [-0.05, 0) is 25.1 Å². The van der Waals surface area contributed by atoms with E-state index >= 15 is 0 Å². The van der Waals surface area contributed by atoms with E-state index < -0.39 is 0 Å². The van der Waals surface area contributed by atoms with Crippen molar-refractivity contribution in [3.05, 3.63) is 48.3 Å². The quantitative estimate of drug-likeness (QED) is 0.789. The molecule has 5 nitrogen and oxygen atoms in total. The predicted octanol–water partition coefficient (Wildman–Crippen LogP) is 2.40. The Balaban J connectivity index is 1.75. The van der Waals surface area contributed by atoms with Gasteiger partial charge in [0.15, 0.2) is 0 Å². The van der Waals surface area contributed by atoms with Crippen LogP contribution in [-0.4, -0.2) is 21.4 Å². The van der Waals surface area contributed by atoms with Crippen LogP contribution in [0.3, 0.4) is 0 Å². The average Bonchev–Trinajstić information content (AvgIpc) is 2.85. The van der Waals surface area contributed by atoms with Gasteiger partial charge < -0.3 is 10.5 Å². The molecule has 0 fully saturated rings. The minimum Gasteiger partial charge on any atom is -0.489 e. The first-order chi connectivity index (χ1) is 9.72. The average molecular weight is 268 g/mol. The fourth-order valence-corrected chi connectivity index (χ4v) is 2.08. The van der Waals surface area contributed by atoms with E-state index in [1.54, 1.807) is 10.7 Å². The molecule has 0 amide bonds. The molecule has 0 aliphatic carbocycles. The minimum atomic E-state index is 0.521. The summed E-state index contributed by atoms with van der Waals surface area (Å²) in [7, 11) is 0. The fraction of sp³-hybridized carbons (Fsp3) is 0.200. The number of fused-ring (bicyclic) bond motifs is 1. The number of hydrogen-bond acceptors (Lipinski definition) is 4. The van der Waals surface area contributed by atoms with Gasteiger partial charge in [-0.3, -0.25) is 4.68 Å². The molecule has 0 saturated carbocycles. The molecule has 20 heavy (non-hydrogen) atoms. The molecule has 0 bridgehead atoms. The molecular weight excluding hydrogens is 252 g/mol. The molecule has 2 aromatic heterocycles. The van der Waals surface area contributed by atoms with E-state index in [0.717, 1.165) is 22.3 Å². The predicted molar refractivity (Wildman–Crippen MR) is 78.6 cm³/mol. The SMILES string of the molecule is Cc1ccc2cccc(OCCn3ccc(N)n3)c2n1. The van der Waals surface area contributed by atoms with Crippen LogP contribution in [0.4, 0.5) is 5.82 Å². The number of hydrogen-bond donors (Lipinski definition) is 1. The monoisotopic (exact) mass is 268 g/mol. The molecule has 0 saturated heterocycles. The lowest BCUT2D eigenvalue weighted by Gasteiger charge is -2.09. The number of rotatable bonds is 4. The highest BCUT2D eigenvalue weighted by Crippen LogP contribution is 2.23. The maximum absolute atomic E-state index is 5.82. The number of aromatic nitrogens is 3. The molecule has 3 rings (SSSR count). The highest BCUT2D eigenvalue weighted by Gasteiger charge is 2.04. The third kappa shape index (κ3) is 2.56. The lowest BCUT2D eigenvalue weighted by molar-refractivity contribution is 0.294. The minimum absolute atomic E-state index is 0.521. The van der Waals surface area contributed by atoms with Crippen molar-refractivity contribution < 1.29 is 4.74 Å². The normalized spacial score (nSPS) is 10.8. The van der Waals surface area contributed by atoms with E-state index in [2.05, 4.69) is 16.1 Å². The molecule has 0 radical (unpaired) electrons. The van der Waals surface area contributed by atoms with Crippen LogP contribution in [0, 0.1) is 6.92 Å². The molecule has 1 aromatic carbocycles.